The minimum absolute atomic E-state index is 0.0166. The van der Waals surface area contributed by atoms with Crippen molar-refractivity contribution in [3.63, 3.8) is 0 Å². The topological polar surface area (TPSA) is 67.4 Å². The van der Waals surface area contributed by atoms with Crippen molar-refractivity contribution in [2.24, 2.45) is 0 Å². The first-order chi connectivity index (χ1) is 11.6. The number of benzene rings is 2. The Morgan fingerprint density at radius 3 is 2.25 bits per heavy atom. The minimum atomic E-state index is -0.170. The van der Waals surface area contributed by atoms with Crippen molar-refractivity contribution in [1.82, 2.24) is 5.32 Å². The molecule has 0 atom stereocenters. The van der Waals surface area contributed by atoms with E-state index in [1.165, 1.54) is 0 Å². The lowest BCUT2D eigenvalue weighted by molar-refractivity contribution is -0.120. The van der Waals surface area contributed by atoms with Crippen LogP contribution in [-0.4, -0.2) is 25.5 Å². The van der Waals surface area contributed by atoms with Crippen LogP contribution in [0, 0.1) is 0 Å². The Kier molecular flexibility index (Phi) is 6.37. The predicted octanol–water partition coefficient (Wildman–Crippen LogP) is 3.02. The number of amides is 2. The second-order valence-electron chi connectivity index (χ2n) is 5.28. The van der Waals surface area contributed by atoms with Gasteiger partial charge in [-0.2, -0.15) is 0 Å². The molecule has 0 aliphatic carbocycles. The van der Waals surface area contributed by atoms with Gasteiger partial charge in [-0.3, -0.25) is 9.59 Å². The predicted molar refractivity (Wildman–Crippen MR) is 94.4 cm³/mol. The molecule has 24 heavy (non-hydrogen) atoms. The monoisotopic (exact) mass is 326 g/mol. The van der Waals surface area contributed by atoms with Crippen LogP contribution in [0.3, 0.4) is 0 Å². The molecule has 0 heterocycles. The van der Waals surface area contributed by atoms with Crippen molar-refractivity contribution in [1.29, 1.82) is 0 Å². The number of anilines is 1. The molecule has 5 heteroatoms. The van der Waals surface area contributed by atoms with Crippen molar-refractivity contribution in [3.05, 3.63) is 59.7 Å². The molecule has 0 unspecified atom stereocenters. The summed E-state index contributed by atoms with van der Waals surface area (Å²) >= 11 is 0. The van der Waals surface area contributed by atoms with Crippen LogP contribution in [0.4, 0.5) is 5.69 Å². The fraction of sp³-hybridized carbons (Fsp3) is 0.263. The van der Waals surface area contributed by atoms with E-state index in [0.717, 1.165) is 17.0 Å². The quantitative estimate of drug-likeness (QED) is 0.822. The average molecular weight is 326 g/mol. The Bertz CT molecular complexity index is 679. The highest BCUT2D eigenvalue weighted by Gasteiger charge is 2.07. The first-order valence-corrected chi connectivity index (χ1v) is 7.96. The largest absolute Gasteiger partial charge is 0.494 e. The van der Waals surface area contributed by atoms with E-state index in [0.29, 0.717) is 25.0 Å². The SMILES string of the molecule is CCOc1ccc(C(=O)Nc2ccc(CCC(=O)NC)cc2)cc1. The van der Waals surface area contributed by atoms with E-state index in [9.17, 15) is 9.59 Å². The maximum Gasteiger partial charge on any atom is 0.255 e. The lowest BCUT2D eigenvalue weighted by Crippen LogP contribution is -2.17. The van der Waals surface area contributed by atoms with Crippen LogP contribution in [0.25, 0.3) is 0 Å². The third-order valence-electron chi connectivity index (χ3n) is 3.56. The van der Waals surface area contributed by atoms with Gasteiger partial charge in [-0.05, 0) is 55.3 Å². The number of carbonyl (C=O) groups is 2. The van der Waals surface area contributed by atoms with Gasteiger partial charge in [-0.25, -0.2) is 0 Å². The van der Waals surface area contributed by atoms with Gasteiger partial charge in [-0.1, -0.05) is 12.1 Å². The van der Waals surface area contributed by atoms with Crippen LogP contribution in [-0.2, 0) is 11.2 Å². The molecule has 5 nitrogen and oxygen atoms in total. The summed E-state index contributed by atoms with van der Waals surface area (Å²) in [7, 11) is 1.63. The number of carbonyl (C=O) groups excluding carboxylic acids is 2. The maximum absolute atomic E-state index is 12.2. The summed E-state index contributed by atoms with van der Waals surface area (Å²) in [6.07, 6.45) is 1.13. The normalized spacial score (nSPS) is 10.1. The highest BCUT2D eigenvalue weighted by molar-refractivity contribution is 6.04. The van der Waals surface area contributed by atoms with Gasteiger partial charge < -0.3 is 15.4 Å². The molecule has 2 aromatic rings. The molecule has 0 bridgehead atoms. The molecule has 0 spiro atoms. The zero-order chi connectivity index (χ0) is 17.4. The number of hydrogen-bond acceptors (Lipinski definition) is 3. The minimum Gasteiger partial charge on any atom is -0.494 e. The summed E-state index contributed by atoms with van der Waals surface area (Å²) in [6, 6.07) is 14.5. The van der Waals surface area contributed by atoms with Gasteiger partial charge in [0, 0.05) is 24.7 Å². The van der Waals surface area contributed by atoms with E-state index in [-0.39, 0.29) is 11.8 Å². The summed E-state index contributed by atoms with van der Waals surface area (Å²) in [5.41, 5.74) is 2.34. The van der Waals surface area contributed by atoms with Crippen molar-refractivity contribution < 1.29 is 14.3 Å². The standard InChI is InChI=1S/C19H22N2O3/c1-3-24-17-11-7-15(8-12-17)19(23)21-16-9-4-14(5-10-16)6-13-18(22)20-2/h4-5,7-12H,3,6,13H2,1-2H3,(H,20,22)(H,21,23). The molecular weight excluding hydrogens is 304 g/mol. The molecule has 2 aromatic carbocycles. The molecule has 0 aromatic heterocycles. The third kappa shape index (κ3) is 5.12. The van der Waals surface area contributed by atoms with Gasteiger partial charge in [0.15, 0.2) is 0 Å². The van der Waals surface area contributed by atoms with Crippen LogP contribution in [0.1, 0.15) is 29.3 Å². The van der Waals surface area contributed by atoms with E-state index < -0.39 is 0 Å². The first-order valence-electron chi connectivity index (χ1n) is 7.96. The number of rotatable bonds is 7. The van der Waals surface area contributed by atoms with Crippen LogP contribution >= 0.6 is 0 Å². The number of aryl methyl sites for hydroxylation is 1. The highest BCUT2D eigenvalue weighted by atomic mass is 16.5. The second kappa shape index (κ2) is 8.72. The maximum atomic E-state index is 12.2. The van der Waals surface area contributed by atoms with Crippen molar-refractivity contribution in [2.45, 2.75) is 19.8 Å². The van der Waals surface area contributed by atoms with Crippen molar-refractivity contribution in [2.75, 3.05) is 19.0 Å². The Morgan fingerprint density at radius 1 is 1.00 bits per heavy atom. The molecule has 2 amide bonds. The van der Waals surface area contributed by atoms with Crippen molar-refractivity contribution >= 4 is 17.5 Å². The van der Waals surface area contributed by atoms with Crippen LogP contribution in [0.5, 0.6) is 5.75 Å². The summed E-state index contributed by atoms with van der Waals surface area (Å²) in [6.45, 7) is 2.51. The molecular formula is C19H22N2O3. The highest BCUT2D eigenvalue weighted by Crippen LogP contribution is 2.15. The molecule has 0 aliphatic rings. The van der Waals surface area contributed by atoms with E-state index in [2.05, 4.69) is 10.6 Å². The first kappa shape index (κ1) is 17.5. The molecule has 0 saturated carbocycles. The fourth-order valence-electron chi connectivity index (χ4n) is 2.21. The smallest absolute Gasteiger partial charge is 0.255 e. The number of nitrogens with one attached hydrogen (secondary N) is 2. The molecule has 2 N–H and O–H groups in total. The lowest BCUT2D eigenvalue weighted by atomic mass is 10.1. The zero-order valence-corrected chi connectivity index (χ0v) is 14.0. The molecule has 0 aliphatic heterocycles. The number of hydrogen-bond donors (Lipinski definition) is 2. The number of ether oxygens (including phenoxy) is 1. The van der Waals surface area contributed by atoms with Gasteiger partial charge in [0.05, 0.1) is 6.61 Å². The summed E-state index contributed by atoms with van der Waals surface area (Å²) < 4.78 is 5.36. The van der Waals surface area contributed by atoms with Crippen molar-refractivity contribution in [3.8, 4) is 5.75 Å². The van der Waals surface area contributed by atoms with Gasteiger partial charge in [-0.15, -0.1) is 0 Å². The summed E-state index contributed by atoms with van der Waals surface area (Å²) in [4.78, 5) is 23.5. The van der Waals surface area contributed by atoms with Gasteiger partial charge in [0.25, 0.3) is 5.91 Å². The lowest BCUT2D eigenvalue weighted by Gasteiger charge is -2.08. The summed E-state index contributed by atoms with van der Waals surface area (Å²) in [5, 5.41) is 5.45. The van der Waals surface area contributed by atoms with Crippen LogP contribution in [0.2, 0.25) is 0 Å². The van der Waals surface area contributed by atoms with E-state index in [4.69, 9.17) is 4.74 Å². The Hall–Kier alpha value is -2.82. The molecule has 126 valence electrons. The van der Waals surface area contributed by atoms with E-state index in [1.807, 2.05) is 31.2 Å². The molecule has 2 rings (SSSR count). The van der Waals surface area contributed by atoms with Gasteiger partial charge in [0.2, 0.25) is 5.91 Å². The Balaban J connectivity index is 1.92. The summed E-state index contributed by atoms with van der Waals surface area (Å²) in [5.74, 6) is 0.591. The average Bonchev–Trinajstić information content (AvgIpc) is 2.61. The third-order valence-corrected chi connectivity index (χ3v) is 3.56. The van der Waals surface area contributed by atoms with Crippen LogP contribution in [0.15, 0.2) is 48.5 Å². The Morgan fingerprint density at radius 2 is 1.67 bits per heavy atom. The molecule has 0 fully saturated rings. The molecule has 0 saturated heterocycles. The second-order valence-corrected chi connectivity index (χ2v) is 5.28. The van der Waals surface area contributed by atoms with E-state index >= 15 is 0 Å². The molecule has 0 radical (unpaired) electrons. The van der Waals surface area contributed by atoms with Crippen LogP contribution < -0.4 is 15.4 Å². The Labute approximate surface area is 142 Å². The van der Waals surface area contributed by atoms with Gasteiger partial charge >= 0.3 is 0 Å². The van der Waals surface area contributed by atoms with E-state index in [1.54, 1.807) is 31.3 Å². The van der Waals surface area contributed by atoms with Gasteiger partial charge in [0.1, 0.15) is 5.75 Å². The fourth-order valence-corrected chi connectivity index (χ4v) is 2.21. The zero-order valence-electron chi connectivity index (χ0n) is 14.0.